The lowest BCUT2D eigenvalue weighted by atomic mass is 10.2. The number of aromatic nitrogens is 1. The van der Waals surface area contributed by atoms with Crippen molar-refractivity contribution < 1.29 is 9.59 Å². The van der Waals surface area contributed by atoms with Gasteiger partial charge in [0.15, 0.2) is 0 Å². The molecule has 0 bridgehead atoms. The molecule has 0 aromatic carbocycles. The van der Waals surface area contributed by atoms with Crippen LogP contribution >= 0.6 is 0 Å². The topological polar surface area (TPSA) is 97.1 Å². The minimum atomic E-state index is -0.382. The summed E-state index contributed by atoms with van der Waals surface area (Å²) in [6.07, 6.45) is 0. The number of carbonyl (C=O) groups excluding carboxylic acids is 2. The molecule has 6 nitrogen and oxygen atoms in total. The number of amides is 2. The first-order valence-corrected chi connectivity index (χ1v) is 4.30. The van der Waals surface area contributed by atoms with Crippen LogP contribution in [-0.2, 0) is 0 Å². The number of nitrogen functional groups attached to an aromatic ring is 1. The normalized spacial score (nSPS) is 9.47. The molecule has 1 rings (SSSR count). The van der Waals surface area contributed by atoms with Gasteiger partial charge < -0.3 is 16.4 Å². The van der Waals surface area contributed by atoms with Crippen LogP contribution in [0.1, 0.15) is 21.0 Å². The molecule has 0 aliphatic rings. The Hall–Kier alpha value is -2.11. The van der Waals surface area contributed by atoms with E-state index in [1.165, 1.54) is 26.2 Å². The van der Waals surface area contributed by atoms with E-state index in [2.05, 4.69) is 15.6 Å². The van der Waals surface area contributed by atoms with E-state index in [1.807, 2.05) is 0 Å². The number of pyridine rings is 1. The second-order valence-electron chi connectivity index (χ2n) is 2.83. The van der Waals surface area contributed by atoms with Crippen molar-refractivity contribution in [2.24, 2.45) is 0 Å². The first kappa shape index (κ1) is 11.0. The number of rotatable bonds is 2. The summed E-state index contributed by atoms with van der Waals surface area (Å²) in [6.45, 7) is 0. The Balaban J connectivity index is 3.16. The molecule has 4 N–H and O–H groups in total. The summed E-state index contributed by atoms with van der Waals surface area (Å²) in [4.78, 5) is 26.4. The number of nitrogens with one attached hydrogen (secondary N) is 2. The maximum Gasteiger partial charge on any atom is 0.269 e. The van der Waals surface area contributed by atoms with Gasteiger partial charge in [-0.05, 0) is 12.1 Å². The number of anilines is 1. The fourth-order valence-corrected chi connectivity index (χ4v) is 1.04. The average molecular weight is 208 g/mol. The molecule has 15 heavy (non-hydrogen) atoms. The second kappa shape index (κ2) is 4.41. The van der Waals surface area contributed by atoms with E-state index in [0.29, 0.717) is 5.69 Å². The van der Waals surface area contributed by atoms with Crippen LogP contribution in [0.5, 0.6) is 0 Å². The smallest absolute Gasteiger partial charge is 0.269 e. The lowest BCUT2D eigenvalue weighted by molar-refractivity contribution is 0.0954. The molecule has 6 heteroatoms. The minimum absolute atomic E-state index is 0.121. The number of nitrogens with zero attached hydrogens (tertiary/aromatic N) is 1. The van der Waals surface area contributed by atoms with Gasteiger partial charge in [0.05, 0.1) is 0 Å². The fraction of sp³-hybridized carbons (Fsp3) is 0.222. The molecular weight excluding hydrogens is 196 g/mol. The van der Waals surface area contributed by atoms with Crippen LogP contribution in [0.2, 0.25) is 0 Å². The van der Waals surface area contributed by atoms with Crippen LogP contribution in [0.25, 0.3) is 0 Å². The Labute approximate surface area is 86.9 Å². The van der Waals surface area contributed by atoms with Crippen molar-refractivity contribution in [1.29, 1.82) is 0 Å². The van der Waals surface area contributed by atoms with Gasteiger partial charge in [0.25, 0.3) is 11.8 Å². The minimum Gasteiger partial charge on any atom is -0.399 e. The summed E-state index contributed by atoms with van der Waals surface area (Å²) in [5.74, 6) is -0.764. The van der Waals surface area contributed by atoms with Gasteiger partial charge in [0.1, 0.15) is 11.4 Å². The van der Waals surface area contributed by atoms with Gasteiger partial charge in [-0.25, -0.2) is 4.98 Å². The summed E-state index contributed by atoms with van der Waals surface area (Å²) in [5.41, 5.74) is 6.11. The number of hydrogen-bond acceptors (Lipinski definition) is 4. The summed E-state index contributed by atoms with van der Waals surface area (Å²) in [5, 5.41) is 4.81. The van der Waals surface area contributed by atoms with Crippen molar-refractivity contribution in [2.45, 2.75) is 0 Å². The maximum absolute atomic E-state index is 11.3. The highest BCUT2D eigenvalue weighted by molar-refractivity contribution is 5.97. The predicted molar refractivity (Wildman–Crippen MR) is 55.4 cm³/mol. The van der Waals surface area contributed by atoms with Gasteiger partial charge in [-0.15, -0.1) is 0 Å². The first-order valence-electron chi connectivity index (χ1n) is 4.30. The zero-order valence-corrected chi connectivity index (χ0v) is 8.50. The van der Waals surface area contributed by atoms with Crippen molar-refractivity contribution in [3.05, 3.63) is 23.5 Å². The van der Waals surface area contributed by atoms with Gasteiger partial charge in [-0.2, -0.15) is 0 Å². The van der Waals surface area contributed by atoms with Crippen LogP contribution in [0, 0.1) is 0 Å². The highest BCUT2D eigenvalue weighted by Gasteiger charge is 2.11. The van der Waals surface area contributed by atoms with Gasteiger partial charge in [-0.1, -0.05) is 0 Å². The summed E-state index contributed by atoms with van der Waals surface area (Å²) in [7, 11) is 2.96. The van der Waals surface area contributed by atoms with Gasteiger partial charge in [0, 0.05) is 19.8 Å². The molecule has 2 amide bonds. The van der Waals surface area contributed by atoms with E-state index < -0.39 is 0 Å². The first-order chi connectivity index (χ1) is 7.08. The third-order valence-electron chi connectivity index (χ3n) is 1.77. The quantitative estimate of drug-likeness (QED) is 0.603. The SMILES string of the molecule is CNC(=O)c1cc(N)cc(C(=O)NC)n1. The number of carbonyl (C=O) groups is 2. The largest absolute Gasteiger partial charge is 0.399 e. The molecule has 1 aromatic rings. The second-order valence-corrected chi connectivity index (χ2v) is 2.83. The average Bonchev–Trinajstić information content (AvgIpc) is 2.26. The van der Waals surface area contributed by atoms with Gasteiger partial charge in [0.2, 0.25) is 0 Å². The van der Waals surface area contributed by atoms with Crippen LogP contribution in [-0.4, -0.2) is 30.9 Å². The Morgan fingerprint density at radius 2 is 1.53 bits per heavy atom. The Kier molecular flexibility index (Phi) is 3.22. The summed E-state index contributed by atoms with van der Waals surface area (Å²) in [6, 6.07) is 2.82. The molecule has 0 spiro atoms. The van der Waals surface area contributed by atoms with Crippen LogP contribution in [0.3, 0.4) is 0 Å². The zero-order chi connectivity index (χ0) is 11.4. The highest BCUT2D eigenvalue weighted by Crippen LogP contribution is 2.07. The molecule has 0 atom stereocenters. The molecule has 0 saturated carbocycles. The molecule has 1 aromatic heterocycles. The van der Waals surface area contributed by atoms with E-state index in [9.17, 15) is 9.59 Å². The third kappa shape index (κ3) is 2.43. The van der Waals surface area contributed by atoms with Crippen LogP contribution in [0.4, 0.5) is 5.69 Å². The lowest BCUT2D eigenvalue weighted by Crippen LogP contribution is -2.24. The molecule has 0 radical (unpaired) electrons. The van der Waals surface area contributed by atoms with Crippen LogP contribution < -0.4 is 16.4 Å². The van der Waals surface area contributed by atoms with E-state index in [4.69, 9.17) is 5.73 Å². The summed E-state index contributed by atoms with van der Waals surface area (Å²) < 4.78 is 0. The molecule has 1 heterocycles. The van der Waals surface area contributed by atoms with Crippen molar-refractivity contribution in [2.75, 3.05) is 19.8 Å². The Morgan fingerprint density at radius 3 is 1.87 bits per heavy atom. The van der Waals surface area contributed by atoms with Crippen molar-refractivity contribution in [3.8, 4) is 0 Å². The van der Waals surface area contributed by atoms with E-state index in [1.54, 1.807) is 0 Å². The standard InChI is InChI=1S/C9H12N4O2/c1-11-8(14)6-3-5(10)4-7(13-6)9(15)12-2/h3-4H,1-2H3,(H2,10,13)(H,11,14)(H,12,15). The van der Waals surface area contributed by atoms with Crippen LogP contribution in [0.15, 0.2) is 12.1 Å². The highest BCUT2D eigenvalue weighted by atomic mass is 16.2. The van der Waals surface area contributed by atoms with E-state index in [-0.39, 0.29) is 23.2 Å². The molecule has 0 fully saturated rings. The molecule has 0 unspecified atom stereocenters. The van der Waals surface area contributed by atoms with Gasteiger partial charge >= 0.3 is 0 Å². The van der Waals surface area contributed by atoms with E-state index in [0.717, 1.165) is 0 Å². The predicted octanol–water partition coefficient (Wildman–Crippen LogP) is -0.617. The van der Waals surface area contributed by atoms with Crippen molar-refractivity contribution in [1.82, 2.24) is 15.6 Å². The third-order valence-corrected chi connectivity index (χ3v) is 1.77. The van der Waals surface area contributed by atoms with Crippen molar-refractivity contribution in [3.63, 3.8) is 0 Å². The monoisotopic (exact) mass is 208 g/mol. The maximum atomic E-state index is 11.3. The molecular formula is C9H12N4O2. The lowest BCUT2D eigenvalue weighted by Gasteiger charge is -2.04. The van der Waals surface area contributed by atoms with E-state index >= 15 is 0 Å². The van der Waals surface area contributed by atoms with Gasteiger partial charge in [-0.3, -0.25) is 9.59 Å². The number of hydrogen-bond donors (Lipinski definition) is 3. The number of nitrogens with two attached hydrogens (primary N) is 1. The summed E-state index contributed by atoms with van der Waals surface area (Å²) >= 11 is 0. The molecule has 80 valence electrons. The molecule has 0 aliphatic heterocycles. The fourth-order valence-electron chi connectivity index (χ4n) is 1.04. The van der Waals surface area contributed by atoms with Crippen molar-refractivity contribution >= 4 is 17.5 Å². The Morgan fingerprint density at radius 1 is 1.13 bits per heavy atom. The zero-order valence-electron chi connectivity index (χ0n) is 8.50. The Bertz CT molecular complexity index is 369. The molecule has 0 saturated heterocycles. The molecule has 0 aliphatic carbocycles.